The summed E-state index contributed by atoms with van der Waals surface area (Å²) in [6, 6.07) is 3.70. The molecule has 0 saturated carbocycles. The molecule has 0 atom stereocenters. The Morgan fingerprint density at radius 1 is 1.41 bits per heavy atom. The van der Waals surface area contributed by atoms with Crippen LogP contribution in [-0.4, -0.2) is 34.6 Å². The van der Waals surface area contributed by atoms with Gasteiger partial charge in [-0.25, -0.2) is 9.78 Å². The van der Waals surface area contributed by atoms with Gasteiger partial charge in [-0.2, -0.15) is 0 Å². The number of hydrogen-bond acceptors (Lipinski definition) is 4. The fourth-order valence-corrected chi connectivity index (χ4v) is 2.53. The van der Waals surface area contributed by atoms with Crippen molar-refractivity contribution in [3.8, 4) is 5.88 Å². The third-order valence-electron chi connectivity index (χ3n) is 3.81. The van der Waals surface area contributed by atoms with Gasteiger partial charge in [0, 0.05) is 24.7 Å². The zero-order valence-electron chi connectivity index (χ0n) is 14.1. The van der Waals surface area contributed by atoms with Crippen LogP contribution in [0.1, 0.15) is 52.7 Å². The summed E-state index contributed by atoms with van der Waals surface area (Å²) >= 11 is 0. The van der Waals surface area contributed by atoms with Crippen molar-refractivity contribution in [3.63, 3.8) is 0 Å². The Morgan fingerprint density at radius 3 is 2.86 bits per heavy atom. The lowest BCUT2D eigenvalue weighted by Crippen LogP contribution is -2.47. The van der Waals surface area contributed by atoms with Crippen molar-refractivity contribution in [2.45, 2.75) is 58.9 Å². The Morgan fingerprint density at radius 2 is 2.18 bits per heavy atom. The monoisotopic (exact) mass is 305 g/mol. The van der Waals surface area contributed by atoms with Crippen LogP contribution in [0.25, 0.3) is 0 Å². The second-order valence-corrected chi connectivity index (χ2v) is 6.72. The number of anilines is 1. The van der Waals surface area contributed by atoms with Crippen LogP contribution in [0, 0.1) is 0 Å². The van der Waals surface area contributed by atoms with Crippen molar-refractivity contribution in [1.82, 2.24) is 9.88 Å². The number of aryl methyl sites for hydroxylation is 1. The standard InChI is InChI=1S/C17H27N3O2/c1-5-6-12-20(17(2,3)4)16(21)22-15-10-9-13-14(19-15)8-7-11-18-13/h9-10,18H,5-8,11-12H2,1-4H3. The molecule has 0 spiro atoms. The summed E-state index contributed by atoms with van der Waals surface area (Å²) in [5, 5.41) is 3.30. The molecule has 1 aromatic heterocycles. The van der Waals surface area contributed by atoms with Gasteiger partial charge in [-0.1, -0.05) is 13.3 Å². The van der Waals surface area contributed by atoms with E-state index >= 15 is 0 Å². The van der Waals surface area contributed by atoms with Crippen LogP contribution in [0.4, 0.5) is 10.5 Å². The lowest BCUT2D eigenvalue weighted by molar-refractivity contribution is 0.104. The van der Waals surface area contributed by atoms with E-state index in [0.29, 0.717) is 12.4 Å². The summed E-state index contributed by atoms with van der Waals surface area (Å²) in [5.41, 5.74) is 1.76. The topological polar surface area (TPSA) is 54.5 Å². The SMILES string of the molecule is CCCCN(C(=O)Oc1ccc2c(n1)CCCN2)C(C)(C)C. The largest absolute Gasteiger partial charge is 0.417 e. The minimum absolute atomic E-state index is 0.262. The van der Waals surface area contributed by atoms with Gasteiger partial charge in [0.2, 0.25) is 5.88 Å². The predicted molar refractivity (Wildman–Crippen MR) is 88.4 cm³/mol. The van der Waals surface area contributed by atoms with Gasteiger partial charge in [-0.15, -0.1) is 0 Å². The molecule has 5 heteroatoms. The minimum atomic E-state index is -0.322. The summed E-state index contributed by atoms with van der Waals surface area (Å²) in [6.45, 7) is 9.86. The smallest absolute Gasteiger partial charge is 0.391 e. The van der Waals surface area contributed by atoms with E-state index in [9.17, 15) is 4.79 Å². The molecule has 0 unspecified atom stereocenters. The number of unbranched alkanes of at least 4 members (excludes halogenated alkanes) is 1. The number of carbonyl (C=O) groups excluding carboxylic acids is 1. The van der Waals surface area contributed by atoms with Crippen molar-refractivity contribution >= 4 is 11.8 Å². The van der Waals surface area contributed by atoms with Gasteiger partial charge < -0.3 is 15.0 Å². The molecule has 0 bridgehead atoms. The molecule has 122 valence electrons. The molecule has 0 aromatic carbocycles. The maximum atomic E-state index is 12.5. The number of ether oxygens (including phenoxy) is 1. The van der Waals surface area contributed by atoms with Gasteiger partial charge in [0.1, 0.15) is 0 Å². The second-order valence-electron chi connectivity index (χ2n) is 6.72. The second kappa shape index (κ2) is 6.99. The minimum Gasteiger partial charge on any atom is -0.391 e. The van der Waals surface area contributed by atoms with E-state index in [1.165, 1.54) is 0 Å². The Kier molecular flexibility index (Phi) is 5.27. The molecule has 0 aliphatic carbocycles. The third kappa shape index (κ3) is 4.12. The van der Waals surface area contributed by atoms with E-state index in [4.69, 9.17) is 4.74 Å². The Bertz CT molecular complexity index is 523. The Hall–Kier alpha value is -1.78. The maximum absolute atomic E-state index is 12.5. The first-order valence-electron chi connectivity index (χ1n) is 8.15. The predicted octanol–water partition coefficient (Wildman–Crippen LogP) is 3.84. The molecule has 1 aliphatic rings. The van der Waals surface area contributed by atoms with Crippen molar-refractivity contribution < 1.29 is 9.53 Å². The van der Waals surface area contributed by atoms with E-state index in [1.807, 2.05) is 26.8 Å². The van der Waals surface area contributed by atoms with Crippen molar-refractivity contribution in [1.29, 1.82) is 0 Å². The molecule has 5 nitrogen and oxygen atoms in total. The molecule has 1 aliphatic heterocycles. The zero-order chi connectivity index (χ0) is 16.2. The van der Waals surface area contributed by atoms with Crippen LogP contribution in [0.3, 0.4) is 0 Å². The zero-order valence-corrected chi connectivity index (χ0v) is 14.1. The number of carbonyl (C=O) groups is 1. The summed E-state index contributed by atoms with van der Waals surface area (Å²) in [4.78, 5) is 18.7. The summed E-state index contributed by atoms with van der Waals surface area (Å²) in [5.74, 6) is 0.387. The summed E-state index contributed by atoms with van der Waals surface area (Å²) in [6.07, 6.45) is 3.67. The lowest BCUT2D eigenvalue weighted by Gasteiger charge is -2.34. The molecule has 2 heterocycles. The van der Waals surface area contributed by atoms with Crippen LogP contribution < -0.4 is 10.1 Å². The van der Waals surface area contributed by atoms with Gasteiger partial charge >= 0.3 is 6.09 Å². The van der Waals surface area contributed by atoms with E-state index < -0.39 is 0 Å². The van der Waals surface area contributed by atoms with Crippen LogP contribution in [-0.2, 0) is 6.42 Å². The number of pyridine rings is 1. The number of hydrogen-bond donors (Lipinski definition) is 1. The highest BCUT2D eigenvalue weighted by atomic mass is 16.6. The van der Waals surface area contributed by atoms with Gasteiger partial charge in [-0.3, -0.25) is 0 Å². The summed E-state index contributed by atoms with van der Waals surface area (Å²) in [7, 11) is 0. The fourth-order valence-electron chi connectivity index (χ4n) is 2.53. The van der Waals surface area contributed by atoms with Gasteiger partial charge in [0.05, 0.1) is 11.4 Å². The summed E-state index contributed by atoms with van der Waals surface area (Å²) < 4.78 is 5.51. The molecule has 0 fully saturated rings. The number of nitrogens with zero attached hydrogens (tertiary/aromatic N) is 2. The van der Waals surface area contributed by atoms with E-state index in [1.54, 1.807) is 11.0 Å². The molecule has 1 amide bonds. The number of rotatable bonds is 4. The number of amides is 1. The Labute approximate surface area is 133 Å². The highest BCUT2D eigenvalue weighted by molar-refractivity contribution is 5.71. The molecule has 0 radical (unpaired) electrons. The highest BCUT2D eigenvalue weighted by Gasteiger charge is 2.28. The van der Waals surface area contributed by atoms with E-state index in [0.717, 1.165) is 43.6 Å². The van der Waals surface area contributed by atoms with Crippen molar-refractivity contribution in [2.75, 3.05) is 18.4 Å². The quantitative estimate of drug-likeness (QED) is 0.918. The first-order valence-corrected chi connectivity index (χ1v) is 8.15. The van der Waals surface area contributed by atoms with E-state index in [-0.39, 0.29) is 11.6 Å². The first kappa shape index (κ1) is 16.6. The van der Waals surface area contributed by atoms with E-state index in [2.05, 4.69) is 17.2 Å². The van der Waals surface area contributed by atoms with Crippen LogP contribution in [0.5, 0.6) is 5.88 Å². The molecule has 2 rings (SSSR count). The van der Waals surface area contributed by atoms with Crippen LogP contribution in [0.15, 0.2) is 12.1 Å². The molecular weight excluding hydrogens is 278 g/mol. The van der Waals surface area contributed by atoms with Crippen molar-refractivity contribution in [2.24, 2.45) is 0 Å². The van der Waals surface area contributed by atoms with Crippen LogP contribution >= 0.6 is 0 Å². The average molecular weight is 305 g/mol. The van der Waals surface area contributed by atoms with Crippen LogP contribution in [0.2, 0.25) is 0 Å². The normalized spacial score (nSPS) is 14.0. The number of fused-ring (bicyclic) bond motifs is 1. The third-order valence-corrected chi connectivity index (χ3v) is 3.81. The fraction of sp³-hybridized carbons (Fsp3) is 0.647. The average Bonchev–Trinajstić information content (AvgIpc) is 2.46. The number of nitrogens with one attached hydrogen (secondary N) is 1. The van der Waals surface area contributed by atoms with Crippen molar-refractivity contribution in [3.05, 3.63) is 17.8 Å². The molecule has 22 heavy (non-hydrogen) atoms. The lowest BCUT2D eigenvalue weighted by atomic mass is 10.1. The molecule has 1 aromatic rings. The van der Waals surface area contributed by atoms with Gasteiger partial charge in [0.25, 0.3) is 0 Å². The highest BCUT2D eigenvalue weighted by Crippen LogP contribution is 2.24. The first-order chi connectivity index (χ1) is 10.4. The Balaban J connectivity index is 2.09. The molecule has 0 saturated heterocycles. The maximum Gasteiger partial charge on any atom is 0.417 e. The molecule has 1 N–H and O–H groups in total. The molecular formula is C17H27N3O2. The van der Waals surface area contributed by atoms with Gasteiger partial charge in [0.15, 0.2) is 0 Å². The van der Waals surface area contributed by atoms with Gasteiger partial charge in [-0.05, 0) is 46.1 Å². The number of aromatic nitrogens is 1.